The van der Waals surface area contributed by atoms with Gasteiger partial charge in [0.2, 0.25) is 15.9 Å². The van der Waals surface area contributed by atoms with Crippen molar-refractivity contribution in [1.29, 1.82) is 0 Å². The fourth-order valence-electron chi connectivity index (χ4n) is 4.08. The number of nitrogens with zero attached hydrogens (tertiary/aromatic N) is 1. The van der Waals surface area contributed by atoms with Crippen LogP contribution in [0.4, 0.5) is 5.69 Å². The number of carbonyl (C=O) groups is 2. The molecule has 1 aliphatic rings. The largest absolute Gasteiger partial charge is 0.325 e. The summed E-state index contributed by atoms with van der Waals surface area (Å²) in [6, 6.07) is 22.5. The van der Waals surface area contributed by atoms with Crippen LogP contribution in [-0.2, 0) is 20.6 Å². The Morgan fingerprint density at radius 3 is 2.35 bits per heavy atom. The minimum Gasteiger partial charge on any atom is -0.325 e. The normalized spacial score (nSPS) is 16.7. The molecule has 1 fully saturated rings. The molecule has 0 aliphatic carbocycles. The molecule has 6 nitrogen and oxygen atoms in total. The zero-order valence-electron chi connectivity index (χ0n) is 18.5. The van der Waals surface area contributed by atoms with Gasteiger partial charge in [0.15, 0.2) is 5.78 Å². The van der Waals surface area contributed by atoms with Crippen molar-refractivity contribution in [2.45, 2.75) is 18.6 Å². The van der Waals surface area contributed by atoms with Crippen LogP contribution < -0.4 is 5.32 Å². The van der Waals surface area contributed by atoms with Crippen molar-refractivity contribution >= 4 is 39.0 Å². The van der Waals surface area contributed by atoms with E-state index in [1.807, 2.05) is 12.1 Å². The molecule has 1 N–H and O–H groups in total. The average molecular weight is 497 g/mol. The maximum absolute atomic E-state index is 13.1. The highest BCUT2D eigenvalue weighted by Crippen LogP contribution is 2.27. The summed E-state index contributed by atoms with van der Waals surface area (Å²) in [5, 5.41) is 3.22. The lowest BCUT2D eigenvalue weighted by molar-refractivity contribution is -0.120. The first-order valence-electron chi connectivity index (χ1n) is 11.1. The first-order chi connectivity index (χ1) is 16.3. The number of sulfonamides is 1. The van der Waals surface area contributed by atoms with Gasteiger partial charge in [-0.05, 0) is 36.6 Å². The molecule has 4 rings (SSSR count). The van der Waals surface area contributed by atoms with E-state index in [-0.39, 0.29) is 29.6 Å². The van der Waals surface area contributed by atoms with Gasteiger partial charge in [-0.25, -0.2) is 12.7 Å². The minimum atomic E-state index is -3.56. The number of benzene rings is 3. The Kier molecular flexibility index (Phi) is 7.46. The molecule has 0 aromatic heterocycles. The van der Waals surface area contributed by atoms with E-state index in [1.54, 1.807) is 60.7 Å². The Morgan fingerprint density at radius 2 is 1.65 bits per heavy atom. The number of anilines is 1. The fourth-order valence-corrected chi connectivity index (χ4v) is 5.86. The summed E-state index contributed by atoms with van der Waals surface area (Å²) >= 11 is 6.13. The molecule has 1 heterocycles. The van der Waals surface area contributed by atoms with E-state index in [0.29, 0.717) is 41.2 Å². The first-order valence-corrected chi connectivity index (χ1v) is 13.0. The monoisotopic (exact) mass is 496 g/mol. The standard InChI is InChI=1S/C26H25ClN2O4S/c27-22-13-14-24(23(16-22)25(30)20-10-5-2-6-11-20)28-26(31)21-12-7-15-29(17-21)34(32,33)18-19-8-3-1-4-9-19/h1-6,8-11,13-14,16,21H,7,12,15,17-18H2,(H,28,31)/t21-/m1/s1. The van der Waals surface area contributed by atoms with E-state index in [4.69, 9.17) is 11.6 Å². The van der Waals surface area contributed by atoms with Gasteiger partial charge in [-0.1, -0.05) is 72.3 Å². The van der Waals surface area contributed by atoms with Gasteiger partial charge in [0.1, 0.15) is 0 Å². The summed E-state index contributed by atoms with van der Waals surface area (Å²) in [7, 11) is -3.56. The molecule has 0 radical (unpaired) electrons. The van der Waals surface area contributed by atoms with E-state index in [2.05, 4.69) is 5.32 Å². The van der Waals surface area contributed by atoms with E-state index in [0.717, 1.165) is 0 Å². The second kappa shape index (κ2) is 10.5. The van der Waals surface area contributed by atoms with Crippen LogP contribution in [0.25, 0.3) is 0 Å². The number of nitrogens with one attached hydrogen (secondary N) is 1. The number of carbonyl (C=O) groups excluding carboxylic acids is 2. The number of hydrogen-bond acceptors (Lipinski definition) is 4. The molecule has 8 heteroatoms. The predicted molar refractivity (Wildman–Crippen MR) is 133 cm³/mol. The van der Waals surface area contributed by atoms with Crippen molar-refractivity contribution in [2.75, 3.05) is 18.4 Å². The Bertz CT molecular complexity index is 1280. The first kappa shape index (κ1) is 24.1. The molecule has 3 aromatic rings. The Labute approximate surface area is 204 Å². The number of amides is 1. The molecule has 1 amide bonds. The topological polar surface area (TPSA) is 83.6 Å². The van der Waals surface area contributed by atoms with Crippen LogP contribution in [0, 0.1) is 5.92 Å². The number of rotatable bonds is 7. The van der Waals surface area contributed by atoms with Gasteiger partial charge in [-0.15, -0.1) is 0 Å². The SMILES string of the molecule is O=C(c1ccccc1)c1cc(Cl)ccc1NC(=O)[C@@H]1CCCN(S(=O)(=O)Cc2ccccc2)C1. The Morgan fingerprint density at radius 1 is 0.971 bits per heavy atom. The summed E-state index contributed by atoms with van der Waals surface area (Å²) in [5.74, 6) is -1.19. The fraction of sp³-hybridized carbons (Fsp3) is 0.231. The van der Waals surface area contributed by atoms with Gasteiger partial charge in [-0.2, -0.15) is 0 Å². The van der Waals surface area contributed by atoms with Crippen LogP contribution >= 0.6 is 11.6 Å². The van der Waals surface area contributed by atoms with Crippen molar-refractivity contribution in [3.8, 4) is 0 Å². The van der Waals surface area contributed by atoms with Crippen molar-refractivity contribution in [1.82, 2.24) is 4.31 Å². The van der Waals surface area contributed by atoms with Crippen LogP contribution in [0.2, 0.25) is 5.02 Å². The number of piperidine rings is 1. The summed E-state index contributed by atoms with van der Waals surface area (Å²) in [6.45, 7) is 0.494. The Balaban J connectivity index is 1.49. The maximum Gasteiger partial charge on any atom is 0.228 e. The highest BCUT2D eigenvalue weighted by atomic mass is 35.5. The zero-order chi connectivity index (χ0) is 24.1. The molecule has 0 spiro atoms. The highest BCUT2D eigenvalue weighted by Gasteiger charge is 2.33. The predicted octanol–water partition coefficient (Wildman–Crippen LogP) is 4.75. The summed E-state index contributed by atoms with van der Waals surface area (Å²) in [5.41, 5.74) is 1.83. The van der Waals surface area contributed by atoms with Gasteiger partial charge in [0.25, 0.3) is 0 Å². The van der Waals surface area contributed by atoms with Crippen LogP contribution in [-0.4, -0.2) is 37.5 Å². The van der Waals surface area contributed by atoms with E-state index < -0.39 is 15.9 Å². The Hall–Kier alpha value is -3.00. The molecule has 176 valence electrons. The van der Waals surface area contributed by atoms with Gasteiger partial charge in [0.05, 0.1) is 17.4 Å². The summed E-state index contributed by atoms with van der Waals surface area (Å²) in [6.07, 6.45) is 1.15. The lowest BCUT2D eigenvalue weighted by Crippen LogP contribution is -2.44. The summed E-state index contributed by atoms with van der Waals surface area (Å²) < 4.78 is 27.3. The third kappa shape index (κ3) is 5.73. The molecule has 1 saturated heterocycles. The van der Waals surface area contributed by atoms with Crippen LogP contribution in [0.15, 0.2) is 78.9 Å². The third-order valence-electron chi connectivity index (χ3n) is 5.86. The third-order valence-corrected chi connectivity index (χ3v) is 7.91. The number of hydrogen-bond donors (Lipinski definition) is 1. The molecule has 0 saturated carbocycles. The van der Waals surface area contributed by atoms with Crippen molar-refractivity contribution in [2.24, 2.45) is 5.92 Å². The molecule has 3 aromatic carbocycles. The van der Waals surface area contributed by atoms with E-state index in [1.165, 1.54) is 10.4 Å². The maximum atomic E-state index is 13.1. The van der Waals surface area contributed by atoms with Gasteiger partial charge >= 0.3 is 0 Å². The molecular weight excluding hydrogens is 472 g/mol. The van der Waals surface area contributed by atoms with Crippen LogP contribution in [0.3, 0.4) is 0 Å². The second-order valence-corrected chi connectivity index (χ2v) is 10.7. The molecule has 1 aliphatic heterocycles. The van der Waals surface area contributed by atoms with Crippen molar-refractivity contribution < 1.29 is 18.0 Å². The lowest BCUT2D eigenvalue weighted by Gasteiger charge is -2.31. The molecule has 1 atom stereocenters. The smallest absolute Gasteiger partial charge is 0.228 e. The van der Waals surface area contributed by atoms with Crippen LogP contribution in [0.1, 0.15) is 34.3 Å². The zero-order valence-corrected chi connectivity index (χ0v) is 20.1. The van der Waals surface area contributed by atoms with Crippen molar-refractivity contribution in [3.63, 3.8) is 0 Å². The van der Waals surface area contributed by atoms with Crippen LogP contribution in [0.5, 0.6) is 0 Å². The van der Waals surface area contributed by atoms with E-state index >= 15 is 0 Å². The van der Waals surface area contributed by atoms with Gasteiger partial charge < -0.3 is 5.32 Å². The average Bonchev–Trinajstić information content (AvgIpc) is 2.85. The van der Waals surface area contributed by atoms with E-state index in [9.17, 15) is 18.0 Å². The van der Waals surface area contributed by atoms with Gasteiger partial charge in [0, 0.05) is 29.2 Å². The quantitative estimate of drug-likeness (QED) is 0.478. The molecule has 0 unspecified atom stereocenters. The lowest BCUT2D eigenvalue weighted by atomic mass is 9.97. The molecule has 34 heavy (non-hydrogen) atoms. The van der Waals surface area contributed by atoms with Crippen molar-refractivity contribution in [3.05, 3.63) is 101 Å². The summed E-state index contributed by atoms with van der Waals surface area (Å²) in [4.78, 5) is 26.2. The second-order valence-electron chi connectivity index (χ2n) is 8.31. The molecule has 0 bridgehead atoms. The molecular formula is C26H25ClN2O4S. The number of halogens is 1. The number of ketones is 1. The highest BCUT2D eigenvalue weighted by molar-refractivity contribution is 7.88. The van der Waals surface area contributed by atoms with Gasteiger partial charge in [-0.3, -0.25) is 9.59 Å². The minimum absolute atomic E-state index is 0.102.